The van der Waals surface area contributed by atoms with Crippen LogP contribution in [-0.2, 0) is 0 Å². The Morgan fingerprint density at radius 1 is 0.333 bits per heavy atom. The van der Waals surface area contributed by atoms with Crippen LogP contribution in [0.4, 0.5) is 0 Å². The summed E-state index contributed by atoms with van der Waals surface area (Å²) in [7, 11) is 0. The van der Waals surface area contributed by atoms with Crippen LogP contribution in [0.15, 0.2) is 36.5 Å². The van der Waals surface area contributed by atoms with Crippen LogP contribution < -0.4 is 0 Å². The van der Waals surface area contributed by atoms with Gasteiger partial charge in [0.25, 0.3) is 0 Å². The zero-order valence-corrected chi connectivity index (χ0v) is 11.9. The molecule has 1 aliphatic carbocycles. The standard InChI is InChI=1S/C18H30/c1-2-4-6-8-10-12-14-16-18-17-15-13-11-9-7-5-3-1/h1-6H,7-18H2/b2-1?,5-3+,6-4?. The third kappa shape index (κ3) is 10.4. The first kappa shape index (κ1) is 15.3. The molecule has 0 amide bonds. The Hall–Kier alpha value is -0.780. The summed E-state index contributed by atoms with van der Waals surface area (Å²) in [5, 5.41) is 0. The monoisotopic (exact) mass is 246 g/mol. The van der Waals surface area contributed by atoms with E-state index in [0.717, 1.165) is 0 Å². The molecule has 0 aliphatic heterocycles. The lowest BCUT2D eigenvalue weighted by Gasteiger charge is -2.02. The van der Waals surface area contributed by atoms with E-state index in [4.69, 9.17) is 0 Å². The van der Waals surface area contributed by atoms with Crippen molar-refractivity contribution in [2.45, 2.75) is 77.0 Å². The molecule has 18 heavy (non-hydrogen) atoms. The molecule has 0 unspecified atom stereocenters. The van der Waals surface area contributed by atoms with Gasteiger partial charge in [-0.25, -0.2) is 0 Å². The second-order valence-corrected chi connectivity index (χ2v) is 5.35. The second-order valence-electron chi connectivity index (χ2n) is 5.35. The van der Waals surface area contributed by atoms with E-state index in [0.29, 0.717) is 0 Å². The zero-order chi connectivity index (χ0) is 12.7. The first-order valence-corrected chi connectivity index (χ1v) is 7.98. The maximum atomic E-state index is 2.30. The summed E-state index contributed by atoms with van der Waals surface area (Å²) < 4.78 is 0. The third-order valence-corrected chi connectivity index (χ3v) is 3.60. The van der Waals surface area contributed by atoms with Gasteiger partial charge in [-0.3, -0.25) is 0 Å². The van der Waals surface area contributed by atoms with Crippen LogP contribution in [0.5, 0.6) is 0 Å². The zero-order valence-electron chi connectivity index (χ0n) is 11.9. The molecule has 0 spiro atoms. The molecule has 0 nitrogen and oxygen atoms in total. The highest BCUT2D eigenvalue weighted by Gasteiger charge is 1.92. The van der Waals surface area contributed by atoms with E-state index in [1.807, 2.05) is 0 Å². The van der Waals surface area contributed by atoms with Gasteiger partial charge in [0.05, 0.1) is 0 Å². The van der Waals surface area contributed by atoms with Gasteiger partial charge in [-0.05, 0) is 25.7 Å². The maximum absolute atomic E-state index is 2.30. The second kappa shape index (κ2) is 12.7. The summed E-state index contributed by atoms with van der Waals surface area (Å²) in [5.41, 5.74) is 0. The minimum Gasteiger partial charge on any atom is -0.0845 e. The lowest BCUT2D eigenvalue weighted by atomic mass is 10.0. The highest BCUT2D eigenvalue weighted by atomic mass is 14.0. The van der Waals surface area contributed by atoms with Crippen LogP contribution in [0.1, 0.15) is 77.0 Å². The number of hydrogen-bond acceptors (Lipinski definition) is 0. The van der Waals surface area contributed by atoms with Gasteiger partial charge in [-0.15, -0.1) is 0 Å². The van der Waals surface area contributed by atoms with Crippen LogP contribution in [0, 0.1) is 0 Å². The van der Waals surface area contributed by atoms with E-state index < -0.39 is 0 Å². The van der Waals surface area contributed by atoms with E-state index in [1.165, 1.54) is 77.0 Å². The van der Waals surface area contributed by atoms with Gasteiger partial charge in [0, 0.05) is 0 Å². The lowest BCUT2D eigenvalue weighted by molar-refractivity contribution is 0.553. The Balaban J connectivity index is 2.20. The Kier molecular flexibility index (Phi) is 10.8. The molecule has 0 aromatic carbocycles. The summed E-state index contributed by atoms with van der Waals surface area (Å²) in [6, 6.07) is 0. The van der Waals surface area contributed by atoms with Crippen LogP contribution in [-0.4, -0.2) is 0 Å². The Bertz CT molecular complexity index is 219. The highest BCUT2D eigenvalue weighted by molar-refractivity contribution is 5.10. The fourth-order valence-electron chi connectivity index (χ4n) is 2.42. The topological polar surface area (TPSA) is 0 Å². The molecule has 0 N–H and O–H groups in total. The summed E-state index contributed by atoms with van der Waals surface area (Å²) >= 11 is 0. The Morgan fingerprint density at radius 3 is 1.06 bits per heavy atom. The number of rotatable bonds is 0. The van der Waals surface area contributed by atoms with Gasteiger partial charge >= 0.3 is 0 Å². The van der Waals surface area contributed by atoms with Crippen molar-refractivity contribution in [3.8, 4) is 0 Å². The van der Waals surface area contributed by atoms with Crippen molar-refractivity contribution in [3.63, 3.8) is 0 Å². The molecule has 0 aromatic rings. The first-order valence-electron chi connectivity index (χ1n) is 7.98. The minimum atomic E-state index is 1.24. The van der Waals surface area contributed by atoms with Gasteiger partial charge in [0.15, 0.2) is 0 Å². The van der Waals surface area contributed by atoms with Gasteiger partial charge < -0.3 is 0 Å². The summed E-state index contributed by atoms with van der Waals surface area (Å²) in [6.45, 7) is 0. The van der Waals surface area contributed by atoms with Crippen molar-refractivity contribution in [2.24, 2.45) is 0 Å². The van der Waals surface area contributed by atoms with Gasteiger partial charge in [-0.2, -0.15) is 0 Å². The molecule has 1 aliphatic rings. The van der Waals surface area contributed by atoms with Gasteiger partial charge in [0.2, 0.25) is 0 Å². The molecule has 0 saturated carbocycles. The molecular formula is C18H30. The molecule has 0 saturated heterocycles. The van der Waals surface area contributed by atoms with E-state index in [1.54, 1.807) is 0 Å². The molecule has 0 fully saturated rings. The first-order chi connectivity index (χ1) is 9.00. The van der Waals surface area contributed by atoms with Crippen LogP contribution >= 0.6 is 0 Å². The van der Waals surface area contributed by atoms with Crippen molar-refractivity contribution >= 4 is 0 Å². The third-order valence-electron chi connectivity index (χ3n) is 3.60. The van der Waals surface area contributed by atoms with E-state index in [-0.39, 0.29) is 0 Å². The van der Waals surface area contributed by atoms with Crippen LogP contribution in [0.2, 0.25) is 0 Å². The molecule has 0 heteroatoms. The van der Waals surface area contributed by atoms with E-state index >= 15 is 0 Å². The summed E-state index contributed by atoms with van der Waals surface area (Å²) in [6.07, 6.45) is 30.0. The molecule has 0 aromatic heterocycles. The Labute approximate surface area is 114 Å². The predicted molar refractivity (Wildman–Crippen MR) is 82.8 cm³/mol. The van der Waals surface area contributed by atoms with Crippen molar-refractivity contribution < 1.29 is 0 Å². The molecule has 1 rings (SSSR count). The number of allylic oxidation sites excluding steroid dienone is 6. The number of hydrogen-bond donors (Lipinski definition) is 0. The van der Waals surface area contributed by atoms with Crippen molar-refractivity contribution in [1.82, 2.24) is 0 Å². The predicted octanol–water partition coefficient (Wildman–Crippen LogP) is 6.35. The fraction of sp³-hybridized carbons (Fsp3) is 0.667. The average molecular weight is 246 g/mol. The maximum Gasteiger partial charge on any atom is -0.0348 e. The van der Waals surface area contributed by atoms with Crippen molar-refractivity contribution in [3.05, 3.63) is 36.5 Å². The molecule has 0 radical (unpaired) electrons. The smallest absolute Gasteiger partial charge is 0.0348 e. The molecular weight excluding hydrogens is 216 g/mol. The van der Waals surface area contributed by atoms with Gasteiger partial charge in [0.1, 0.15) is 0 Å². The SMILES string of the molecule is C1=C/C=C/CCCCCCCCCCCCC=C1. The molecule has 0 atom stereocenters. The largest absolute Gasteiger partial charge is 0.0845 e. The molecule has 102 valence electrons. The highest BCUT2D eigenvalue weighted by Crippen LogP contribution is 2.12. The average Bonchev–Trinajstić information content (AvgIpc) is 2.39. The van der Waals surface area contributed by atoms with Crippen LogP contribution in [0.3, 0.4) is 0 Å². The molecule has 0 bridgehead atoms. The summed E-state index contributed by atoms with van der Waals surface area (Å²) in [5.74, 6) is 0. The fourth-order valence-corrected chi connectivity index (χ4v) is 2.42. The normalized spacial score (nSPS) is 23.1. The van der Waals surface area contributed by atoms with Gasteiger partial charge in [-0.1, -0.05) is 87.8 Å². The van der Waals surface area contributed by atoms with Crippen LogP contribution in [0.25, 0.3) is 0 Å². The van der Waals surface area contributed by atoms with Crippen molar-refractivity contribution in [1.29, 1.82) is 0 Å². The molecule has 0 heterocycles. The van der Waals surface area contributed by atoms with Crippen molar-refractivity contribution in [2.75, 3.05) is 0 Å². The van der Waals surface area contributed by atoms with E-state index in [9.17, 15) is 0 Å². The summed E-state index contributed by atoms with van der Waals surface area (Å²) in [4.78, 5) is 0. The quantitative estimate of drug-likeness (QED) is 0.467. The Morgan fingerprint density at radius 2 is 0.667 bits per heavy atom. The van der Waals surface area contributed by atoms with E-state index in [2.05, 4.69) is 36.5 Å². The minimum absolute atomic E-state index is 1.24. The lowest BCUT2D eigenvalue weighted by Crippen LogP contribution is -1.82.